The third-order valence-electron chi connectivity index (χ3n) is 2.22. The van der Waals surface area contributed by atoms with Crippen molar-refractivity contribution in [2.75, 3.05) is 6.61 Å². The number of hydrogen-bond acceptors (Lipinski definition) is 0. The van der Waals surface area contributed by atoms with Crippen molar-refractivity contribution in [3.8, 4) is 0 Å². The fourth-order valence-corrected chi connectivity index (χ4v) is 1.35. The average Bonchev–Trinajstić information content (AvgIpc) is 2.15. The van der Waals surface area contributed by atoms with Gasteiger partial charge in [0.15, 0.2) is 0 Å². The SMILES string of the molecule is CC(CCC[O])c1ccc(F)cc1. The fourth-order valence-electron chi connectivity index (χ4n) is 1.35. The Bertz CT molecular complexity index is 243. The molecule has 1 aromatic rings. The summed E-state index contributed by atoms with van der Waals surface area (Å²) in [5.41, 5.74) is 1.11. The molecule has 2 heteroatoms. The summed E-state index contributed by atoms with van der Waals surface area (Å²) in [5, 5.41) is 10.3. The topological polar surface area (TPSA) is 19.9 Å². The van der Waals surface area contributed by atoms with Gasteiger partial charge in [0.25, 0.3) is 0 Å². The largest absolute Gasteiger partial charge is 0.237 e. The van der Waals surface area contributed by atoms with E-state index in [0.717, 1.165) is 12.0 Å². The molecule has 0 saturated heterocycles. The molecule has 0 aliphatic heterocycles. The molecule has 0 fully saturated rings. The summed E-state index contributed by atoms with van der Waals surface area (Å²) < 4.78 is 12.6. The molecule has 1 aromatic carbocycles. The maximum absolute atomic E-state index is 12.6. The Balaban J connectivity index is 2.55. The Morgan fingerprint density at radius 1 is 1.31 bits per heavy atom. The Morgan fingerprint density at radius 2 is 1.92 bits per heavy atom. The van der Waals surface area contributed by atoms with Gasteiger partial charge in [-0.25, -0.2) is 9.50 Å². The summed E-state index contributed by atoms with van der Waals surface area (Å²) in [6.45, 7) is 2.04. The fraction of sp³-hybridized carbons (Fsp3) is 0.455. The highest BCUT2D eigenvalue weighted by Gasteiger charge is 2.04. The lowest BCUT2D eigenvalue weighted by Crippen LogP contribution is -1.95. The molecule has 0 N–H and O–H groups in total. The van der Waals surface area contributed by atoms with E-state index in [0.29, 0.717) is 12.3 Å². The van der Waals surface area contributed by atoms with Crippen LogP contribution in [0.25, 0.3) is 0 Å². The molecule has 1 unspecified atom stereocenters. The highest BCUT2D eigenvalue weighted by molar-refractivity contribution is 5.19. The van der Waals surface area contributed by atoms with E-state index in [1.807, 2.05) is 0 Å². The van der Waals surface area contributed by atoms with E-state index in [1.165, 1.54) is 12.1 Å². The third kappa shape index (κ3) is 3.15. The minimum absolute atomic E-state index is 0.0223. The standard InChI is InChI=1S/C11H14FO/c1-9(3-2-8-13)10-4-6-11(12)7-5-10/h4-7,9H,2-3,8H2,1H3. The molecule has 0 saturated carbocycles. The second-order valence-corrected chi connectivity index (χ2v) is 3.30. The molecule has 0 bridgehead atoms. The highest BCUT2D eigenvalue weighted by atomic mass is 19.1. The molecular weight excluding hydrogens is 167 g/mol. The van der Waals surface area contributed by atoms with Gasteiger partial charge in [0.2, 0.25) is 0 Å². The van der Waals surface area contributed by atoms with E-state index in [4.69, 9.17) is 0 Å². The monoisotopic (exact) mass is 181 g/mol. The summed E-state index contributed by atoms with van der Waals surface area (Å²) in [4.78, 5) is 0. The maximum atomic E-state index is 12.6. The first-order valence-electron chi connectivity index (χ1n) is 4.57. The van der Waals surface area contributed by atoms with Gasteiger partial charge in [0.05, 0.1) is 6.61 Å². The summed E-state index contributed by atoms with van der Waals surface area (Å²) in [6, 6.07) is 6.49. The van der Waals surface area contributed by atoms with Gasteiger partial charge in [-0.1, -0.05) is 19.1 Å². The molecule has 0 aliphatic carbocycles. The van der Waals surface area contributed by atoms with Crippen LogP contribution in [0, 0.1) is 5.82 Å². The van der Waals surface area contributed by atoms with Crippen molar-refractivity contribution in [2.24, 2.45) is 0 Å². The predicted molar refractivity (Wildman–Crippen MR) is 49.6 cm³/mol. The molecule has 13 heavy (non-hydrogen) atoms. The molecule has 1 radical (unpaired) electrons. The van der Waals surface area contributed by atoms with Gasteiger partial charge in [0.1, 0.15) is 5.82 Å². The quantitative estimate of drug-likeness (QED) is 0.680. The minimum atomic E-state index is -0.209. The lowest BCUT2D eigenvalue weighted by Gasteiger charge is -2.09. The zero-order valence-corrected chi connectivity index (χ0v) is 7.79. The molecule has 1 nitrogen and oxygen atoms in total. The van der Waals surface area contributed by atoms with Gasteiger partial charge in [-0.15, -0.1) is 0 Å². The van der Waals surface area contributed by atoms with E-state index in [-0.39, 0.29) is 12.4 Å². The molecular formula is C11H14FO. The summed E-state index contributed by atoms with van der Waals surface area (Å²) >= 11 is 0. The second kappa shape index (κ2) is 4.97. The first kappa shape index (κ1) is 10.2. The number of hydrogen-bond donors (Lipinski definition) is 0. The van der Waals surface area contributed by atoms with Crippen LogP contribution in [0.4, 0.5) is 4.39 Å². The van der Waals surface area contributed by atoms with Crippen molar-refractivity contribution >= 4 is 0 Å². The lowest BCUT2D eigenvalue weighted by atomic mass is 9.96. The molecule has 0 aliphatic rings. The summed E-state index contributed by atoms with van der Waals surface area (Å²) in [5.74, 6) is 0.148. The van der Waals surface area contributed by atoms with Gasteiger partial charge in [-0.3, -0.25) is 0 Å². The Hall–Kier alpha value is -0.890. The zero-order chi connectivity index (χ0) is 9.68. The maximum Gasteiger partial charge on any atom is 0.123 e. The van der Waals surface area contributed by atoms with Gasteiger partial charge >= 0.3 is 0 Å². The first-order valence-corrected chi connectivity index (χ1v) is 4.57. The van der Waals surface area contributed by atoms with Crippen molar-refractivity contribution in [3.05, 3.63) is 35.6 Å². The van der Waals surface area contributed by atoms with Crippen LogP contribution in [-0.2, 0) is 5.11 Å². The number of rotatable bonds is 4. The van der Waals surface area contributed by atoms with Crippen molar-refractivity contribution in [1.29, 1.82) is 0 Å². The van der Waals surface area contributed by atoms with Crippen molar-refractivity contribution in [1.82, 2.24) is 0 Å². The lowest BCUT2D eigenvalue weighted by molar-refractivity contribution is 0.185. The normalized spacial score (nSPS) is 12.8. The number of benzene rings is 1. The smallest absolute Gasteiger partial charge is 0.123 e. The molecule has 0 heterocycles. The molecule has 0 amide bonds. The highest BCUT2D eigenvalue weighted by Crippen LogP contribution is 2.20. The van der Waals surface area contributed by atoms with Crippen LogP contribution >= 0.6 is 0 Å². The Morgan fingerprint density at radius 3 is 2.46 bits per heavy atom. The first-order chi connectivity index (χ1) is 6.24. The average molecular weight is 181 g/mol. The van der Waals surface area contributed by atoms with Gasteiger partial charge in [-0.2, -0.15) is 0 Å². The van der Waals surface area contributed by atoms with Crippen LogP contribution < -0.4 is 0 Å². The van der Waals surface area contributed by atoms with E-state index in [9.17, 15) is 9.50 Å². The van der Waals surface area contributed by atoms with Crippen LogP contribution in [0.15, 0.2) is 24.3 Å². The zero-order valence-electron chi connectivity index (χ0n) is 7.79. The molecule has 71 valence electrons. The molecule has 1 atom stereocenters. The van der Waals surface area contributed by atoms with Crippen LogP contribution in [0.2, 0.25) is 0 Å². The van der Waals surface area contributed by atoms with E-state index >= 15 is 0 Å². The van der Waals surface area contributed by atoms with E-state index < -0.39 is 0 Å². The molecule has 0 aromatic heterocycles. The van der Waals surface area contributed by atoms with Crippen LogP contribution in [0.5, 0.6) is 0 Å². The van der Waals surface area contributed by atoms with Gasteiger partial charge < -0.3 is 0 Å². The van der Waals surface area contributed by atoms with Gasteiger partial charge in [0, 0.05) is 0 Å². The van der Waals surface area contributed by atoms with Crippen molar-refractivity contribution in [3.63, 3.8) is 0 Å². The summed E-state index contributed by atoms with van der Waals surface area (Å²) in [6.07, 6.45) is 1.58. The van der Waals surface area contributed by atoms with Crippen molar-refractivity contribution < 1.29 is 9.50 Å². The van der Waals surface area contributed by atoms with E-state index in [2.05, 4.69) is 6.92 Å². The molecule has 1 rings (SSSR count). The van der Waals surface area contributed by atoms with Crippen LogP contribution in [-0.4, -0.2) is 6.61 Å². The molecule has 0 spiro atoms. The minimum Gasteiger partial charge on any atom is -0.237 e. The third-order valence-corrected chi connectivity index (χ3v) is 2.22. The van der Waals surface area contributed by atoms with Crippen LogP contribution in [0.3, 0.4) is 0 Å². The van der Waals surface area contributed by atoms with Crippen molar-refractivity contribution in [2.45, 2.75) is 25.7 Å². The Labute approximate surface area is 78.2 Å². The number of halogens is 1. The predicted octanol–water partition coefficient (Wildman–Crippen LogP) is 3.14. The van der Waals surface area contributed by atoms with Gasteiger partial charge in [-0.05, 0) is 36.5 Å². The van der Waals surface area contributed by atoms with E-state index in [1.54, 1.807) is 12.1 Å². The second-order valence-electron chi connectivity index (χ2n) is 3.30. The summed E-state index contributed by atoms with van der Waals surface area (Å²) in [7, 11) is 0. The Kier molecular flexibility index (Phi) is 3.90. The van der Waals surface area contributed by atoms with Crippen LogP contribution in [0.1, 0.15) is 31.2 Å².